The van der Waals surface area contributed by atoms with Crippen molar-refractivity contribution in [1.29, 1.82) is 0 Å². The molecule has 0 bridgehead atoms. The van der Waals surface area contributed by atoms with Crippen molar-refractivity contribution in [2.24, 2.45) is 0 Å². The van der Waals surface area contributed by atoms with Crippen LogP contribution >= 0.6 is 37.2 Å². The van der Waals surface area contributed by atoms with Crippen molar-refractivity contribution in [1.82, 2.24) is 0 Å². The smallest absolute Gasteiger partial charge is 0.143 e. The quantitative estimate of drug-likeness (QED) is 0.109. The predicted octanol–water partition coefficient (Wildman–Crippen LogP) is 13.0. The first-order valence-electron chi connectivity index (χ1n) is 18.1. The van der Waals surface area contributed by atoms with Gasteiger partial charge in [0.25, 0.3) is 0 Å². The molecule has 276 valence electrons. The molecule has 0 saturated carbocycles. The van der Waals surface area contributed by atoms with Crippen molar-refractivity contribution in [3.8, 4) is 0 Å². The van der Waals surface area contributed by atoms with E-state index in [0.29, 0.717) is 35.5 Å². The van der Waals surface area contributed by atoms with E-state index in [4.69, 9.17) is 0 Å². The zero-order valence-corrected chi connectivity index (χ0v) is 38.9. The van der Waals surface area contributed by atoms with Crippen LogP contribution in [-0.4, -0.2) is 8.07 Å². The van der Waals surface area contributed by atoms with Crippen LogP contribution in [-0.2, 0) is 21.7 Å². The van der Waals surface area contributed by atoms with E-state index in [1.165, 1.54) is 65.7 Å². The minimum atomic E-state index is -2.92. The number of hydrogen-bond donors (Lipinski definition) is 0. The van der Waals surface area contributed by atoms with Crippen molar-refractivity contribution in [2.45, 2.75) is 151 Å². The molecular weight excluding hydrogens is 723 g/mol. The topological polar surface area (TPSA) is 0 Å². The normalized spacial score (nSPS) is 16.2. The van der Waals surface area contributed by atoms with Crippen LogP contribution in [0.1, 0.15) is 180 Å². The molecule has 1 unspecified atom stereocenters. The fraction of sp³-hybridized carbons (Fsp3) is 0.511. The fourth-order valence-corrected chi connectivity index (χ4v) is 13.8. The Morgan fingerprint density at radius 1 is 0.440 bits per heavy atom. The third-order valence-corrected chi connectivity index (χ3v) is 16.8. The standard InChI is InChI=1S/C45H63Si.3ClH.Ti/c1-27(2)36-17-37(28(3)4)21-42(20-36)46(45(16)26-33(13)34(14)35(45)15,43-22-38(29(5)6)18-39(23-43)30(7)8)44-24-40(31(9)10)19-41(25-44)32(11)12;;;;/h17-25,27-32H,1-16H3;3*1H;/q-1;;;;. The molecule has 0 amide bonds. The Kier molecular flexibility index (Phi) is 18.4. The van der Waals surface area contributed by atoms with Gasteiger partial charge in [-0.1, -0.05) is 163 Å². The van der Waals surface area contributed by atoms with E-state index in [2.05, 4.69) is 171 Å². The molecule has 3 aromatic rings. The van der Waals surface area contributed by atoms with Crippen LogP contribution in [0.4, 0.5) is 0 Å². The van der Waals surface area contributed by atoms with Crippen molar-refractivity contribution in [3.05, 3.63) is 111 Å². The maximum absolute atomic E-state index is 4.26. The van der Waals surface area contributed by atoms with Crippen molar-refractivity contribution < 1.29 is 21.7 Å². The van der Waals surface area contributed by atoms with Crippen LogP contribution in [0.5, 0.6) is 0 Å². The Bertz CT molecular complexity index is 1430. The monoisotopic (exact) mass is 787 g/mol. The third kappa shape index (κ3) is 9.00. The summed E-state index contributed by atoms with van der Waals surface area (Å²) >= 11 is 0. The van der Waals surface area contributed by atoms with E-state index in [-0.39, 0.29) is 64.0 Å². The molecule has 1 aliphatic carbocycles. The molecule has 0 radical (unpaired) electrons. The SMILES string of the molecule is CC1=[C-]C(C)([Si](c2cc(C(C)C)cc(C(C)C)c2)(c2cc(C(C)C)cc(C(C)C)c2)c2cc(C(C)C)cc(C(C)C)c2)C(C)=C1C.Cl.Cl.Cl.[Ti]. The number of hydrogen-bond acceptors (Lipinski definition) is 0. The van der Waals surface area contributed by atoms with Gasteiger partial charge < -0.3 is 0 Å². The molecule has 0 fully saturated rings. The van der Waals surface area contributed by atoms with E-state index in [0.717, 1.165) is 0 Å². The van der Waals surface area contributed by atoms with Crippen LogP contribution in [0.3, 0.4) is 0 Å². The Labute approximate surface area is 342 Å². The summed E-state index contributed by atoms with van der Waals surface area (Å²) < 4.78 is 0. The second-order valence-corrected chi connectivity index (χ2v) is 20.7. The number of rotatable bonds is 10. The van der Waals surface area contributed by atoms with Crippen LogP contribution in [0.2, 0.25) is 5.04 Å². The Balaban J connectivity index is 0.00000600. The van der Waals surface area contributed by atoms with Gasteiger partial charge in [-0.3, -0.25) is 6.08 Å². The molecule has 1 aliphatic rings. The molecule has 1 atom stereocenters. The number of benzene rings is 3. The van der Waals surface area contributed by atoms with Gasteiger partial charge in [-0.15, -0.1) is 44.1 Å². The molecule has 0 saturated heterocycles. The minimum Gasteiger partial charge on any atom is -0.265 e. The van der Waals surface area contributed by atoms with Crippen LogP contribution in [0.15, 0.2) is 71.3 Å². The number of allylic oxidation sites excluding steroid dienone is 4. The van der Waals surface area contributed by atoms with Gasteiger partial charge in [0, 0.05) is 21.7 Å². The van der Waals surface area contributed by atoms with Gasteiger partial charge >= 0.3 is 0 Å². The molecule has 0 aromatic heterocycles. The molecule has 5 heteroatoms. The minimum absolute atomic E-state index is 0. The maximum atomic E-state index is 4.26. The largest absolute Gasteiger partial charge is 0.265 e. The second kappa shape index (κ2) is 18.8. The van der Waals surface area contributed by atoms with Crippen LogP contribution < -0.4 is 15.6 Å². The summed E-state index contributed by atoms with van der Waals surface area (Å²) in [5.74, 6) is 2.68. The van der Waals surface area contributed by atoms with Crippen molar-refractivity contribution >= 4 is 60.9 Å². The van der Waals surface area contributed by atoms with Gasteiger partial charge in [-0.2, -0.15) is 11.1 Å². The summed E-state index contributed by atoms with van der Waals surface area (Å²) in [6.07, 6.45) is 4.26. The maximum Gasteiger partial charge on any atom is 0.143 e. The van der Waals surface area contributed by atoms with E-state index in [1.54, 1.807) is 0 Å². The first-order valence-corrected chi connectivity index (χ1v) is 20.1. The van der Waals surface area contributed by atoms with Gasteiger partial charge in [0.15, 0.2) is 0 Å². The van der Waals surface area contributed by atoms with Crippen LogP contribution in [0, 0.1) is 6.08 Å². The van der Waals surface area contributed by atoms with E-state index < -0.39 is 8.07 Å². The molecule has 3 aromatic carbocycles. The molecule has 0 aliphatic heterocycles. The Morgan fingerprint density at radius 2 is 0.660 bits per heavy atom. The predicted molar refractivity (Wildman–Crippen MR) is 229 cm³/mol. The summed E-state index contributed by atoms with van der Waals surface area (Å²) in [5, 5.41) is 4.33. The first kappa shape index (κ1) is 48.9. The van der Waals surface area contributed by atoms with E-state index >= 15 is 0 Å². The van der Waals surface area contributed by atoms with Crippen molar-refractivity contribution in [2.75, 3.05) is 0 Å². The molecular formula is C45H66Cl3SiTi-. The molecule has 4 rings (SSSR count). The third-order valence-electron chi connectivity index (χ3n) is 11.3. The zero-order valence-electron chi connectivity index (χ0n) is 33.9. The fourth-order valence-electron chi connectivity index (χ4n) is 7.64. The molecule has 0 spiro atoms. The van der Waals surface area contributed by atoms with Gasteiger partial charge in [0.2, 0.25) is 0 Å². The van der Waals surface area contributed by atoms with E-state index in [1.807, 2.05) is 0 Å². The Hall–Kier alpha value is -1.06. The summed E-state index contributed by atoms with van der Waals surface area (Å²) in [5.41, 5.74) is 12.9. The average Bonchev–Trinajstić information content (AvgIpc) is 3.19. The van der Waals surface area contributed by atoms with Gasteiger partial charge in [0.1, 0.15) is 8.07 Å². The molecule has 50 heavy (non-hydrogen) atoms. The van der Waals surface area contributed by atoms with Gasteiger partial charge in [-0.25, -0.2) is 5.57 Å². The average molecular weight is 789 g/mol. The van der Waals surface area contributed by atoms with Crippen LogP contribution in [0.25, 0.3) is 0 Å². The second-order valence-electron chi connectivity index (χ2n) is 16.5. The summed E-state index contributed by atoms with van der Waals surface area (Å²) in [6.45, 7) is 38.0. The number of halogens is 3. The van der Waals surface area contributed by atoms with Gasteiger partial charge in [0.05, 0.1) is 0 Å². The zero-order chi connectivity index (χ0) is 34.5. The molecule has 0 N–H and O–H groups in total. The summed E-state index contributed by atoms with van der Waals surface area (Å²) in [4.78, 5) is 0. The molecule has 0 nitrogen and oxygen atoms in total. The summed E-state index contributed by atoms with van der Waals surface area (Å²) in [6, 6.07) is 23.2. The molecule has 0 heterocycles. The van der Waals surface area contributed by atoms with E-state index in [9.17, 15) is 0 Å². The Morgan fingerprint density at radius 3 is 0.820 bits per heavy atom. The first-order chi connectivity index (χ1) is 21.3. The van der Waals surface area contributed by atoms with Gasteiger partial charge in [-0.05, 0) is 84.4 Å². The van der Waals surface area contributed by atoms with Crippen molar-refractivity contribution in [3.63, 3.8) is 0 Å². The summed E-state index contributed by atoms with van der Waals surface area (Å²) in [7, 11) is -2.92.